The minimum atomic E-state index is -3.53. The van der Waals surface area contributed by atoms with Crippen LogP contribution in [0.3, 0.4) is 0 Å². The van der Waals surface area contributed by atoms with Crippen molar-refractivity contribution in [3.05, 3.63) is 59.7 Å². The van der Waals surface area contributed by atoms with Crippen LogP contribution in [-0.2, 0) is 10.0 Å². The van der Waals surface area contributed by atoms with E-state index in [9.17, 15) is 8.42 Å². The third kappa shape index (κ3) is 2.49. The van der Waals surface area contributed by atoms with Crippen LogP contribution in [0, 0.1) is 5.41 Å². The monoisotopic (exact) mass is 365 g/mol. The van der Waals surface area contributed by atoms with Crippen molar-refractivity contribution in [1.82, 2.24) is 3.97 Å². The highest BCUT2D eigenvalue weighted by atomic mass is 79.9. The first kappa shape index (κ1) is 14.6. The highest BCUT2D eigenvalue weighted by molar-refractivity contribution is 9.09. The van der Waals surface area contributed by atoms with Crippen LogP contribution in [0.5, 0.6) is 0 Å². The van der Waals surface area contributed by atoms with Crippen LogP contribution >= 0.6 is 15.9 Å². The quantitative estimate of drug-likeness (QED) is 0.769. The van der Waals surface area contributed by atoms with Crippen molar-refractivity contribution in [3.8, 4) is 0 Å². The molecule has 1 aliphatic carbocycles. The van der Waals surface area contributed by atoms with Crippen LogP contribution in [-0.4, -0.2) is 17.7 Å². The van der Waals surface area contributed by atoms with Gasteiger partial charge in [0.15, 0.2) is 0 Å². The molecule has 0 spiro atoms. The number of allylic oxidation sites excluding steroid dienone is 3. The number of nitrogens with zero attached hydrogens (tertiary/aromatic N) is 1. The van der Waals surface area contributed by atoms with Gasteiger partial charge in [-0.05, 0) is 30.0 Å². The third-order valence-electron chi connectivity index (χ3n) is 3.85. The topological polar surface area (TPSA) is 39.1 Å². The van der Waals surface area contributed by atoms with E-state index in [-0.39, 0.29) is 5.41 Å². The van der Waals surface area contributed by atoms with Crippen LogP contribution in [0.4, 0.5) is 0 Å². The molecular weight excluding hydrogens is 350 g/mol. The number of benzene rings is 1. The molecule has 0 aliphatic heterocycles. The zero-order valence-electron chi connectivity index (χ0n) is 11.7. The van der Waals surface area contributed by atoms with E-state index < -0.39 is 10.0 Å². The molecule has 1 heterocycles. The van der Waals surface area contributed by atoms with Crippen LogP contribution in [0.25, 0.3) is 10.9 Å². The van der Waals surface area contributed by atoms with Crippen molar-refractivity contribution in [3.63, 3.8) is 0 Å². The van der Waals surface area contributed by atoms with E-state index in [1.54, 1.807) is 12.3 Å². The van der Waals surface area contributed by atoms with Crippen molar-refractivity contribution in [2.45, 2.75) is 13.3 Å². The van der Waals surface area contributed by atoms with Gasteiger partial charge in [-0.1, -0.05) is 53.2 Å². The van der Waals surface area contributed by atoms with Gasteiger partial charge in [-0.2, -0.15) is 0 Å². The first-order chi connectivity index (χ1) is 9.96. The predicted molar refractivity (Wildman–Crippen MR) is 90.0 cm³/mol. The van der Waals surface area contributed by atoms with Crippen LogP contribution in [0.2, 0.25) is 0 Å². The molecule has 0 N–H and O–H groups in total. The molecule has 3 rings (SSSR count). The van der Waals surface area contributed by atoms with Gasteiger partial charge >= 0.3 is 0 Å². The summed E-state index contributed by atoms with van der Waals surface area (Å²) in [5, 5.41) is 1.74. The molecule has 0 radical (unpaired) electrons. The summed E-state index contributed by atoms with van der Waals surface area (Å²) >= 11 is 3.47. The predicted octanol–water partition coefficient (Wildman–Crippen LogP) is 4.06. The number of hydrogen-bond donors (Lipinski definition) is 0. The molecule has 1 aliphatic rings. The molecule has 110 valence electrons. The lowest BCUT2D eigenvalue weighted by Gasteiger charge is -2.25. The maximum atomic E-state index is 12.8. The minimum Gasteiger partial charge on any atom is -0.241 e. The lowest BCUT2D eigenvalue weighted by Crippen LogP contribution is -2.20. The molecule has 1 aromatic carbocycles. The van der Waals surface area contributed by atoms with E-state index in [0.717, 1.165) is 10.7 Å². The molecule has 0 amide bonds. The second-order valence-electron chi connectivity index (χ2n) is 5.61. The fraction of sp³-hybridized carbons (Fsp3) is 0.250. The van der Waals surface area contributed by atoms with Gasteiger partial charge in [0, 0.05) is 16.9 Å². The Balaban J connectivity index is 2.05. The Morgan fingerprint density at radius 3 is 2.71 bits per heavy atom. The highest BCUT2D eigenvalue weighted by Crippen LogP contribution is 2.33. The number of aromatic nitrogens is 1. The van der Waals surface area contributed by atoms with Gasteiger partial charge < -0.3 is 0 Å². The van der Waals surface area contributed by atoms with Gasteiger partial charge in [-0.3, -0.25) is 0 Å². The number of rotatable bonds is 3. The summed E-state index contributed by atoms with van der Waals surface area (Å²) in [6, 6.07) is 9.31. The second-order valence-corrected chi connectivity index (χ2v) is 7.98. The lowest BCUT2D eigenvalue weighted by atomic mass is 9.86. The van der Waals surface area contributed by atoms with Crippen LogP contribution < -0.4 is 0 Å². The maximum Gasteiger partial charge on any atom is 0.267 e. The van der Waals surface area contributed by atoms with E-state index in [1.807, 2.05) is 42.5 Å². The van der Waals surface area contributed by atoms with Crippen molar-refractivity contribution in [1.29, 1.82) is 0 Å². The summed E-state index contributed by atoms with van der Waals surface area (Å²) in [4.78, 5) is 0.363. The molecule has 1 atom stereocenters. The van der Waals surface area contributed by atoms with E-state index in [2.05, 4.69) is 22.9 Å². The summed E-state index contributed by atoms with van der Waals surface area (Å²) in [6.07, 6.45) is 7.83. The Morgan fingerprint density at radius 1 is 1.29 bits per heavy atom. The van der Waals surface area contributed by atoms with Crippen LogP contribution in [0.15, 0.2) is 59.7 Å². The molecule has 1 unspecified atom stereocenters. The molecule has 1 aromatic heterocycles. The fourth-order valence-corrected chi connectivity index (χ4v) is 4.25. The second kappa shape index (κ2) is 5.14. The smallest absolute Gasteiger partial charge is 0.241 e. The normalized spacial score (nSPS) is 22.5. The molecule has 3 nitrogen and oxygen atoms in total. The largest absolute Gasteiger partial charge is 0.267 e. The minimum absolute atomic E-state index is 0.0161. The number of hydrogen-bond acceptors (Lipinski definition) is 2. The van der Waals surface area contributed by atoms with Gasteiger partial charge in [-0.15, -0.1) is 0 Å². The molecule has 0 saturated heterocycles. The molecule has 5 heteroatoms. The summed E-state index contributed by atoms with van der Waals surface area (Å²) in [5.74, 6) is 0. The first-order valence-corrected chi connectivity index (χ1v) is 9.29. The Hall–Kier alpha value is -1.33. The number of halogens is 1. The highest BCUT2D eigenvalue weighted by Gasteiger charge is 2.27. The van der Waals surface area contributed by atoms with Gasteiger partial charge in [-0.25, -0.2) is 12.4 Å². The molecule has 0 saturated carbocycles. The number of fused-ring (bicyclic) bond motifs is 1. The maximum absolute atomic E-state index is 12.8. The number of para-hydroxylation sites is 1. The van der Waals surface area contributed by atoms with Crippen molar-refractivity contribution < 1.29 is 8.42 Å². The summed E-state index contributed by atoms with van der Waals surface area (Å²) in [5.41, 5.74) is 0.693. The fourth-order valence-electron chi connectivity index (χ4n) is 2.42. The van der Waals surface area contributed by atoms with Crippen molar-refractivity contribution in [2.24, 2.45) is 5.41 Å². The van der Waals surface area contributed by atoms with Crippen LogP contribution in [0.1, 0.15) is 13.3 Å². The van der Waals surface area contributed by atoms with Crippen molar-refractivity contribution >= 4 is 36.9 Å². The number of alkyl halides is 1. The Bertz CT molecular complexity index is 848. The average molecular weight is 366 g/mol. The Labute approximate surface area is 133 Å². The first-order valence-electron chi connectivity index (χ1n) is 6.73. The van der Waals surface area contributed by atoms with Gasteiger partial charge in [0.2, 0.25) is 0 Å². The summed E-state index contributed by atoms with van der Waals surface area (Å²) in [7, 11) is -3.53. The third-order valence-corrected chi connectivity index (χ3v) is 6.86. The Morgan fingerprint density at radius 2 is 2.05 bits per heavy atom. The summed E-state index contributed by atoms with van der Waals surface area (Å²) in [6.45, 7) is 2.10. The summed E-state index contributed by atoms with van der Waals surface area (Å²) < 4.78 is 26.9. The lowest BCUT2D eigenvalue weighted by molar-refractivity contribution is 0.497. The van der Waals surface area contributed by atoms with Gasteiger partial charge in [0.1, 0.15) is 0 Å². The average Bonchev–Trinajstić information content (AvgIpc) is 2.92. The van der Waals surface area contributed by atoms with Gasteiger partial charge in [0.05, 0.1) is 10.4 Å². The van der Waals surface area contributed by atoms with E-state index >= 15 is 0 Å². The van der Waals surface area contributed by atoms with E-state index in [0.29, 0.717) is 16.8 Å². The molecule has 0 bridgehead atoms. The van der Waals surface area contributed by atoms with E-state index in [4.69, 9.17) is 0 Å². The standard InChI is InChI=1S/C16H16BrNO2S/c1-16(12-17)9-6-14(7-10-16)21(19,20)18-11-8-13-4-2-3-5-15(13)18/h2-9,11H,10,12H2,1H3. The molecule has 2 aromatic rings. The SMILES string of the molecule is CC1(CBr)C=CC(S(=O)(=O)n2ccc3ccccc32)=CC1. The van der Waals surface area contributed by atoms with Crippen molar-refractivity contribution in [2.75, 3.05) is 5.33 Å². The molecule has 21 heavy (non-hydrogen) atoms. The molecule has 0 fully saturated rings. The van der Waals surface area contributed by atoms with Gasteiger partial charge in [0.25, 0.3) is 10.0 Å². The Kier molecular flexibility index (Phi) is 3.58. The van der Waals surface area contributed by atoms with E-state index in [1.165, 1.54) is 3.97 Å². The molecular formula is C16H16BrNO2S. The zero-order valence-corrected chi connectivity index (χ0v) is 14.1. The zero-order chi connectivity index (χ0) is 15.1.